The van der Waals surface area contributed by atoms with E-state index in [4.69, 9.17) is 9.84 Å². The van der Waals surface area contributed by atoms with E-state index in [9.17, 15) is 14.3 Å². The van der Waals surface area contributed by atoms with Crippen molar-refractivity contribution in [1.29, 1.82) is 0 Å². The number of rotatable bonds is 3. The molecule has 0 saturated heterocycles. The number of benzene rings is 2. The lowest BCUT2D eigenvalue weighted by molar-refractivity contribution is 0.0696. The highest BCUT2D eigenvalue weighted by atomic mass is 19.1. The molecule has 0 amide bonds. The molecule has 0 aromatic heterocycles. The fourth-order valence-corrected chi connectivity index (χ4v) is 1.74. The maximum absolute atomic E-state index is 13.6. The van der Waals surface area contributed by atoms with Crippen LogP contribution in [0.25, 0.3) is 11.1 Å². The van der Waals surface area contributed by atoms with Gasteiger partial charge in [0, 0.05) is 5.56 Å². The smallest absolute Gasteiger partial charge is 0.335 e. The number of phenols is 1. The summed E-state index contributed by atoms with van der Waals surface area (Å²) in [5.41, 5.74) is 0.759. The van der Waals surface area contributed by atoms with Crippen LogP contribution in [-0.4, -0.2) is 23.3 Å². The Bertz CT molecular complexity index is 637. The Labute approximate surface area is 108 Å². The van der Waals surface area contributed by atoms with Crippen LogP contribution in [0.15, 0.2) is 36.4 Å². The van der Waals surface area contributed by atoms with Gasteiger partial charge in [0.05, 0.1) is 12.7 Å². The molecule has 0 aliphatic rings. The predicted octanol–water partition coefficient (Wildman–Crippen LogP) is 2.91. The van der Waals surface area contributed by atoms with Crippen LogP contribution in [-0.2, 0) is 0 Å². The number of halogens is 1. The lowest BCUT2D eigenvalue weighted by atomic mass is 10.0. The first-order chi connectivity index (χ1) is 9.02. The monoisotopic (exact) mass is 262 g/mol. The Morgan fingerprint density at radius 2 is 1.95 bits per heavy atom. The first-order valence-corrected chi connectivity index (χ1v) is 5.43. The number of aromatic carboxylic acids is 1. The number of hydrogen-bond donors (Lipinski definition) is 2. The molecule has 4 nitrogen and oxygen atoms in total. The van der Waals surface area contributed by atoms with Crippen molar-refractivity contribution in [3.05, 3.63) is 47.8 Å². The molecule has 98 valence electrons. The van der Waals surface area contributed by atoms with Crippen molar-refractivity contribution in [3.8, 4) is 22.6 Å². The first-order valence-electron chi connectivity index (χ1n) is 5.43. The van der Waals surface area contributed by atoms with E-state index in [1.54, 1.807) is 6.07 Å². The number of carboxylic acid groups (broad SMARTS) is 1. The van der Waals surface area contributed by atoms with E-state index in [0.717, 1.165) is 6.07 Å². The second-order valence-electron chi connectivity index (χ2n) is 3.89. The molecule has 0 atom stereocenters. The second-order valence-corrected chi connectivity index (χ2v) is 3.89. The van der Waals surface area contributed by atoms with Gasteiger partial charge in [-0.25, -0.2) is 9.18 Å². The topological polar surface area (TPSA) is 66.8 Å². The Hall–Kier alpha value is -2.56. The number of carbonyl (C=O) groups is 1. The van der Waals surface area contributed by atoms with E-state index >= 15 is 0 Å². The predicted molar refractivity (Wildman–Crippen MR) is 67.0 cm³/mol. The molecule has 19 heavy (non-hydrogen) atoms. The van der Waals surface area contributed by atoms with Gasteiger partial charge in [-0.1, -0.05) is 6.07 Å². The molecular formula is C14H11FO4. The number of carboxylic acids is 1. The van der Waals surface area contributed by atoms with Crippen molar-refractivity contribution in [3.63, 3.8) is 0 Å². The highest BCUT2D eigenvalue weighted by molar-refractivity contribution is 5.89. The molecule has 2 rings (SSSR count). The minimum absolute atomic E-state index is 0.0322. The summed E-state index contributed by atoms with van der Waals surface area (Å²) in [5, 5.41) is 18.6. The van der Waals surface area contributed by atoms with Gasteiger partial charge >= 0.3 is 5.97 Å². The molecule has 0 spiro atoms. The summed E-state index contributed by atoms with van der Waals surface area (Å²) < 4.78 is 18.4. The Kier molecular flexibility index (Phi) is 3.37. The molecule has 0 bridgehead atoms. The number of phenolic OH excluding ortho intramolecular Hbond substituents is 1. The van der Waals surface area contributed by atoms with Gasteiger partial charge < -0.3 is 14.9 Å². The third kappa shape index (κ3) is 2.49. The SMILES string of the molecule is COc1ccc(-c2ccc(C(=O)O)cc2O)cc1F. The van der Waals surface area contributed by atoms with Crippen LogP contribution in [0, 0.1) is 5.82 Å². The molecule has 2 aromatic rings. The van der Waals surface area contributed by atoms with E-state index in [2.05, 4.69) is 0 Å². The summed E-state index contributed by atoms with van der Waals surface area (Å²) in [4.78, 5) is 10.8. The standard InChI is InChI=1S/C14H11FO4/c1-19-13-5-3-8(6-11(13)15)10-4-2-9(14(17)18)7-12(10)16/h2-7,16H,1H3,(H,17,18). The molecule has 0 radical (unpaired) electrons. The van der Waals surface area contributed by atoms with Gasteiger partial charge in [-0.3, -0.25) is 0 Å². The molecule has 2 N–H and O–H groups in total. The average Bonchev–Trinajstić information content (AvgIpc) is 2.38. The van der Waals surface area contributed by atoms with Crippen molar-refractivity contribution in [2.75, 3.05) is 7.11 Å². The lowest BCUT2D eigenvalue weighted by Gasteiger charge is -2.08. The highest BCUT2D eigenvalue weighted by Crippen LogP contribution is 2.32. The summed E-state index contributed by atoms with van der Waals surface area (Å²) in [6.45, 7) is 0. The van der Waals surface area contributed by atoms with Crippen molar-refractivity contribution in [1.82, 2.24) is 0 Å². The Balaban J connectivity index is 2.47. The van der Waals surface area contributed by atoms with Crippen molar-refractivity contribution >= 4 is 5.97 Å². The first kappa shape index (κ1) is 12.9. The summed E-state index contributed by atoms with van der Waals surface area (Å²) in [6.07, 6.45) is 0. The maximum Gasteiger partial charge on any atom is 0.335 e. The van der Waals surface area contributed by atoms with Gasteiger partial charge in [0.15, 0.2) is 11.6 Å². The quantitative estimate of drug-likeness (QED) is 0.892. The zero-order valence-electron chi connectivity index (χ0n) is 10.1. The van der Waals surface area contributed by atoms with Crippen molar-refractivity contribution in [2.45, 2.75) is 0 Å². The molecule has 5 heteroatoms. The van der Waals surface area contributed by atoms with Crippen LogP contribution in [0.5, 0.6) is 11.5 Å². The molecule has 0 aliphatic heterocycles. The van der Waals surface area contributed by atoms with E-state index < -0.39 is 11.8 Å². The van der Waals surface area contributed by atoms with E-state index in [0.29, 0.717) is 11.1 Å². The summed E-state index contributed by atoms with van der Waals surface area (Å²) >= 11 is 0. The minimum Gasteiger partial charge on any atom is -0.507 e. The Morgan fingerprint density at radius 3 is 2.47 bits per heavy atom. The zero-order chi connectivity index (χ0) is 14.0. The number of aromatic hydroxyl groups is 1. The van der Waals surface area contributed by atoms with E-state index in [1.165, 1.54) is 31.4 Å². The molecule has 0 saturated carbocycles. The van der Waals surface area contributed by atoms with Gasteiger partial charge in [-0.05, 0) is 35.9 Å². The van der Waals surface area contributed by atoms with Crippen LogP contribution in [0.4, 0.5) is 4.39 Å². The second kappa shape index (κ2) is 4.97. The molecule has 2 aromatic carbocycles. The third-order valence-electron chi connectivity index (χ3n) is 2.71. The fourth-order valence-electron chi connectivity index (χ4n) is 1.74. The number of methoxy groups -OCH3 is 1. The normalized spacial score (nSPS) is 10.2. The third-order valence-corrected chi connectivity index (χ3v) is 2.71. The highest BCUT2D eigenvalue weighted by Gasteiger charge is 2.11. The molecule has 0 heterocycles. The van der Waals surface area contributed by atoms with E-state index in [-0.39, 0.29) is 17.1 Å². The largest absolute Gasteiger partial charge is 0.507 e. The molecule has 0 aliphatic carbocycles. The van der Waals surface area contributed by atoms with Crippen LogP contribution < -0.4 is 4.74 Å². The average molecular weight is 262 g/mol. The van der Waals surface area contributed by atoms with Gasteiger partial charge in [0.1, 0.15) is 5.75 Å². The summed E-state index contributed by atoms with van der Waals surface area (Å²) in [6, 6.07) is 8.14. The molecule has 0 fully saturated rings. The van der Waals surface area contributed by atoms with Crippen molar-refractivity contribution < 1.29 is 24.1 Å². The van der Waals surface area contributed by atoms with Gasteiger partial charge in [-0.15, -0.1) is 0 Å². The van der Waals surface area contributed by atoms with Crippen molar-refractivity contribution in [2.24, 2.45) is 0 Å². The van der Waals surface area contributed by atoms with Gasteiger partial charge in [0.25, 0.3) is 0 Å². The summed E-state index contributed by atoms with van der Waals surface area (Å²) in [5.74, 6) is -1.81. The molecular weight excluding hydrogens is 251 g/mol. The minimum atomic E-state index is -1.14. The van der Waals surface area contributed by atoms with Crippen LogP contribution in [0.3, 0.4) is 0 Å². The van der Waals surface area contributed by atoms with Gasteiger partial charge in [0.2, 0.25) is 0 Å². The zero-order valence-corrected chi connectivity index (χ0v) is 10.1. The number of hydrogen-bond acceptors (Lipinski definition) is 3. The fraction of sp³-hybridized carbons (Fsp3) is 0.0714. The van der Waals surface area contributed by atoms with Crippen LogP contribution >= 0.6 is 0 Å². The Morgan fingerprint density at radius 1 is 1.21 bits per heavy atom. The molecule has 0 unspecified atom stereocenters. The van der Waals surface area contributed by atoms with Gasteiger partial charge in [-0.2, -0.15) is 0 Å². The van der Waals surface area contributed by atoms with Crippen LogP contribution in [0.2, 0.25) is 0 Å². The van der Waals surface area contributed by atoms with E-state index in [1.807, 2.05) is 0 Å². The maximum atomic E-state index is 13.6. The number of ether oxygens (including phenoxy) is 1. The lowest BCUT2D eigenvalue weighted by Crippen LogP contribution is -1.96. The van der Waals surface area contributed by atoms with Crippen LogP contribution in [0.1, 0.15) is 10.4 Å². The summed E-state index contributed by atoms with van der Waals surface area (Å²) in [7, 11) is 1.36.